The smallest absolute Gasteiger partial charge is 0.224 e. The molecule has 0 radical (unpaired) electrons. The number of carbonyl (C=O) groups is 1. The number of rotatable bonds is 6. The van der Waals surface area contributed by atoms with Crippen molar-refractivity contribution in [3.05, 3.63) is 0 Å². The summed E-state index contributed by atoms with van der Waals surface area (Å²) in [5.74, 6) is 0.209. The van der Waals surface area contributed by atoms with Gasteiger partial charge in [0.1, 0.15) is 0 Å². The van der Waals surface area contributed by atoms with Crippen molar-refractivity contribution in [2.24, 2.45) is 11.1 Å². The molecule has 1 heterocycles. The fourth-order valence-corrected chi connectivity index (χ4v) is 2.88. The van der Waals surface area contributed by atoms with Gasteiger partial charge in [0.25, 0.3) is 0 Å². The highest BCUT2D eigenvalue weighted by Crippen LogP contribution is 2.21. The summed E-state index contributed by atoms with van der Waals surface area (Å²) in [4.78, 5) is 16.7. The lowest BCUT2D eigenvalue weighted by Gasteiger charge is -2.26. The Balaban J connectivity index is 2.37. The van der Waals surface area contributed by atoms with Crippen LogP contribution >= 0.6 is 0 Å². The third-order valence-corrected chi connectivity index (χ3v) is 3.86. The van der Waals surface area contributed by atoms with Gasteiger partial charge in [-0.1, -0.05) is 20.8 Å². The molecule has 0 aromatic rings. The fourth-order valence-electron chi connectivity index (χ4n) is 2.88. The molecule has 124 valence electrons. The molecule has 1 saturated heterocycles. The van der Waals surface area contributed by atoms with E-state index in [0.717, 1.165) is 52.2 Å². The van der Waals surface area contributed by atoms with Gasteiger partial charge in [0, 0.05) is 45.8 Å². The van der Waals surface area contributed by atoms with Crippen molar-refractivity contribution in [1.29, 1.82) is 0 Å². The minimum Gasteiger partial charge on any atom is -0.383 e. The maximum atomic E-state index is 12.4. The lowest BCUT2D eigenvalue weighted by Crippen LogP contribution is -2.39. The van der Waals surface area contributed by atoms with E-state index in [1.807, 2.05) is 4.90 Å². The molecule has 0 aromatic heterocycles. The molecule has 1 unspecified atom stereocenters. The summed E-state index contributed by atoms with van der Waals surface area (Å²) in [6.45, 7) is 11.8. The Labute approximate surface area is 129 Å². The van der Waals surface area contributed by atoms with Gasteiger partial charge >= 0.3 is 0 Å². The molecular weight excluding hydrogens is 266 g/mol. The minimum atomic E-state index is -0.0367. The molecule has 5 heteroatoms. The summed E-state index contributed by atoms with van der Waals surface area (Å²) < 4.78 is 5.12. The predicted octanol–water partition coefficient (Wildman–Crippen LogP) is 1.32. The molecule has 5 nitrogen and oxygen atoms in total. The molecule has 2 N–H and O–H groups in total. The van der Waals surface area contributed by atoms with Crippen molar-refractivity contribution in [2.75, 3.05) is 46.4 Å². The van der Waals surface area contributed by atoms with Gasteiger partial charge in [0.2, 0.25) is 5.91 Å². The molecule has 1 amide bonds. The topological polar surface area (TPSA) is 58.8 Å². The molecule has 1 rings (SSSR count). The Morgan fingerprint density at radius 1 is 1.24 bits per heavy atom. The van der Waals surface area contributed by atoms with Gasteiger partial charge in [0.05, 0.1) is 6.61 Å². The van der Waals surface area contributed by atoms with Crippen molar-refractivity contribution in [1.82, 2.24) is 9.80 Å². The van der Waals surface area contributed by atoms with Gasteiger partial charge in [0.15, 0.2) is 0 Å². The monoisotopic (exact) mass is 299 g/mol. The molecule has 0 spiro atoms. The van der Waals surface area contributed by atoms with E-state index in [-0.39, 0.29) is 17.4 Å². The van der Waals surface area contributed by atoms with Crippen LogP contribution in [-0.2, 0) is 9.53 Å². The number of amides is 1. The van der Waals surface area contributed by atoms with Crippen LogP contribution in [-0.4, -0.2) is 68.2 Å². The minimum absolute atomic E-state index is 0.0367. The number of hydrogen-bond donors (Lipinski definition) is 1. The molecule has 21 heavy (non-hydrogen) atoms. The van der Waals surface area contributed by atoms with Crippen LogP contribution in [0.15, 0.2) is 0 Å². The SMILES string of the molecule is COCCN1CCCN(C(=O)CC(N)CC(C)(C)C)CC1. The van der Waals surface area contributed by atoms with E-state index >= 15 is 0 Å². The molecule has 1 fully saturated rings. The first-order valence-electron chi connectivity index (χ1n) is 8.06. The van der Waals surface area contributed by atoms with E-state index in [1.165, 1.54) is 0 Å². The number of nitrogens with two attached hydrogens (primary N) is 1. The average Bonchev–Trinajstić information content (AvgIpc) is 2.59. The number of carbonyl (C=O) groups excluding carboxylic acids is 1. The Kier molecular flexibility index (Phi) is 7.63. The van der Waals surface area contributed by atoms with Gasteiger partial charge in [-0.2, -0.15) is 0 Å². The maximum absolute atomic E-state index is 12.4. The second-order valence-electron chi connectivity index (χ2n) is 7.30. The van der Waals surface area contributed by atoms with Crippen LogP contribution in [0.1, 0.15) is 40.0 Å². The Bertz CT molecular complexity index is 315. The number of nitrogens with zero attached hydrogens (tertiary/aromatic N) is 2. The van der Waals surface area contributed by atoms with Crippen LogP contribution < -0.4 is 5.73 Å². The highest BCUT2D eigenvalue weighted by Gasteiger charge is 2.23. The third-order valence-electron chi connectivity index (χ3n) is 3.86. The van der Waals surface area contributed by atoms with Crippen LogP contribution in [0.2, 0.25) is 0 Å². The standard InChI is InChI=1S/C16H33N3O2/c1-16(2,3)13-14(17)12-15(20)19-7-5-6-18(8-9-19)10-11-21-4/h14H,5-13,17H2,1-4H3. The number of hydrogen-bond acceptors (Lipinski definition) is 4. The summed E-state index contributed by atoms with van der Waals surface area (Å²) in [6.07, 6.45) is 2.38. The zero-order valence-corrected chi connectivity index (χ0v) is 14.2. The molecule has 0 aromatic carbocycles. The largest absolute Gasteiger partial charge is 0.383 e. The van der Waals surface area contributed by atoms with Crippen molar-refractivity contribution < 1.29 is 9.53 Å². The molecule has 0 bridgehead atoms. The van der Waals surface area contributed by atoms with E-state index in [2.05, 4.69) is 25.7 Å². The molecule has 0 aliphatic carbocycles. The number of ether oxygens (including phenoxy) is 1. The zero-order valence-electron chi connectivity index (χ0n) is 14.2. The van der Waals surface area contributed by atoms with Gasteiger partial charge in [-0.05, 0) is 24.8 Å². The molecule has 0 saturated carbocycles. The first kappa shape index (κ1) is 18.4. The maximum Gasteiger partial charge on any atom is 0.224 e. The zero-order chi connectivity index (χ0) is 15.9. The second kappa shape index (κ2) is 8.71. The summed E-state index contributed by atoms with van der Waals surface area (Å²) in [7, 11) is 1.73. The van der Waals surface area contributed by atoms with E-state index < -0.39 is 0 Å². The second-order valence-corrected chi connectivity index (χ2v) is 7.30. The summed E-state index contributed by atoms with van der Waals surface area (Å²) in [6, 6.07) is -0.0367. The third kappa shape index (κ3) is 7.79. The Hall–Kier alpha value is -0.650. The average molecular weight is 299 g/mol. The summed E-state index contributed by atoms with van der Waals surface area (Å²) in [5, 5.41) is 0. The number of methoxy groups -OCH3 is 1. The lowest BCUT2D eigenvalue weighted by atomic mass is 9.87. The quantitative estimate of drug-likeness (QED) is 0.803. The van der Waals surface area contributed by atoms with E-state index in [4.69, 9.17) is 10.5 Å². The molecule has 1 aliphatic heterocycles. The molecule has 1 aliphatic rings. The normalized spacial score (nSPS) is 19.4. The van der Waals surface area contributed by atoms with Crippen LogP contribution in [0.25, 0.3) is 0 Å². The van der Waals surface area contributed by atoms with Gasteiger partial charge in [-0.25, -0.2) is 0 Å². The van der Waals surface area contributed by atoms with Gasteiger partial charge < -0.3 is 15.4 Å². The van der Waals surface area contributed by atoms with Crippen LogP contribution in [0.5, 0.6) is 0 Å². The van der Waals surface area contributed by atoms with E-state index in [9.17, 15) is 4.79 Å². The summed E-state index contributed by atoms with van der Waals surface area (Å²) in [5.41, 5.74) is 6.30. The highest BCUT2D eigenvalue weighted by molar-refractivity contribution is 5.76. The van der Waals surface area contributed by atoms with Gasteiger partial charge in [-0.3, -0.25) is 9.69 Å². The Morgan fingerprint density at radius 3 is 2.57 bits per heavy atom. The van der Waals surface area contributed by atoms with Crippen LogP contribution in [0.3, 0.4) is 0 Å². The van der Waals surface area contributed by atoms with Crippen LogP contribution in [0.4, 0.5) is 0 Å². The van der Waals surface area contributed by atoms with E-state index in [1.54, 1.807) is 7.11 Å². The molecule has 1 atom stereocenters. The first-order chi connectivity index (χ1) is 9.81. The van der Waals surface area contributed by atoms with Gasteiger partial charge in [-0.15, -0.1) is 0 Å². The predicted molar refractivity (Wildman–Crippen MR) is 86.2 cm³/mol. The van der Waals surface area contributed by atoms with Crippen molar-refractivity contribution >= 4 is 5.91 Å². The fraction of sp³-hybridized carbons (Fsp3) is 0.938. The van der Waals surface area contributed by atoms with Crippen LogP contribution in [0, 0.1) is 5.41 Å². The summed E-state index contributed by atoms with van der Waals surface area (Å²) >= 11 is 0. The first-order valence-corrected chi connectivity index (χ1v) is 8.06. The lowest BCUT2D eigenvalue weighted by molar-refractivity contribution is -0.131. The van der Waals surface area contributed by atoms with Crippen molar-refractivity contribution in [3.63, 3.8) is 0 Å². The van der Waals surface area contributed by atoms with E-state index in [0.29, 0.717) is 6.42 Å². The highest BCUT2D eigenvalue weighted by atomic mass is 16.5. The van der Waals surface area contributed by atoms with Crippen molar-refractivity contribution in [2.45, 2.75) is 46.1 Å². The Morgan fingerprint density at radius 2 is 1.95 bits per heavy atom. The molecular formula is C16H33N3O2. The van der Waals surface area contributed by atoms with Crippen molar-refractivity contribution in [3.8, 4) is 0 Å².